The molecule has 2 heterocycles. The topological polar surface area (TPSA) is 65.3 Å². The third kappa shape index (κ3) is 4.13. The highest BCUT2D eigenvalue weighted by Gasteiger charge is 2.39. The van der Waals surface area contributed by atoms with Crippen LogP contribution >= 0.6 is 92.8 Å². The summed E-state index contributed by atoms with van der Waals surface area (Å²) in [6.45, 7) is 0. The quantitative estimate of drug-likeness (QED) is 0.158. The molecule has 0 atom stereocenters. The lowest BCUT2D eigenvalue weighted by Crippen LogP contribution is -2.27. The summed E-state index contributed by atoms with van der Waals surface area (Å²) in [6.07, 6.45) is 0. The molecule has 38 heavy (non-hydrogen) atoms. The van der Waals surface area contributed by atoms with Crippen molar-refractivity contribution in [2.75, 3.05) is 0 Å². The second-order valence-corrected chi connectivity index (χ2v) is 10.8. The van der Waals surface area contributed by atoms with Crippen LogP contribution < -0.4 is 0 Å². The molecular weight excluding hydrogens is 658 g/mol. The van der Waals surface area contributed by atoms with E-state index in [2.05, 4.69) is 9.98 Å². The molecule has 2 amide bonds. The summed E-state index contributed by atoms with van der Waals surface area (Å²) in [5.74, 6) is -1.31. The van der Waals surface area contributed by atoms with Crippen LogP contribution in [-0.2, 0) is 0 Å². The lowest BCUT2D eigenvalue weighted by Gasteiger charge is -2.12. The number of hydrogen-bond acceptors (Lipinski definition) is 4. The standard InChI is InChI=1S/C22H4B2Cl8N4O2/c23-35-19(7-9(21(35)37)13(27)17(31)15(29)11(7)25)33-5-1-2-6(4-3-5)34-20-8-10(22(38)36(20)24)14(28)18(32)16(30)12(8)26/h1-4H. The van der Waals surface area contributed by atoms with Crippen LogP contribution in [0.3, 0.4) is 0 Å². The van der Waals surface area contributed by atoms with E-state index < -0.39 is 11.8 Å². The number of nitrogens with zero attached hydrogens (tertiary/aromatic N) is 4. The van der Waals surface area contributed by atoms with Crippen LogP contribution in [0.25, 0.3) is 0 Å². The molecule has 5 rings (SSSR count). The van der Waals surface area contributed by atoms with Crippen molar-refractivity contribution in [1.82, 2.24) is 9.62 Å². The van der Waals surface area contributed by atoms with Crippen LogP contribution in [0.2, 0.25) is 40.2 Å². The average Bonchev–Trinajstić information content (AvgIpc) is 3.29. The number of amidine groups is 2. The molecule has 0 saturated carbocycles. The molecule has 0 spiro atoms. The number of halogens is 8. The summed E-state index contributed by atoms with van der Waals surface area (Å²) in [5, 5.41) is -0.476. The third-order valence-corrected chi connectivity index (χ3v) is 9.23. The van der Waals surface area contributed by atoms with Gasteiger partial charge in [0.1, 0.15) is 11.7 Å². The molecule has 0 N–H and O–H groups in total. The maximum atomic E-state index is 12.7. The number of amides is 2. The summed E-state index contributed by atoms with van der Waals surface area (Å²) < 4.78 is 0. The molecule has 0 fully saturated rings. The molecule has 16 heteroatoms. The van der Waals surface area contributed by atoms with Gasteiger partial charge in [0.25, 0.3) is 0 Å². The number of benzene rings is 3. The minimum atomic E-state index is -0.658. The van der Waals surface area contributed by atoms with Crippen molar-refractivity contribution in [3.8, 4) is 0 Å². The molecule has 6 nitrogen and oxygen atoms in total. The van der Waals surface area contributed by atoms with Gasteiger partial charge < -0.3 is 9.62 Å². The summed E-state index contributed by atoms with van der Waals surface area (Å²) >= 11 is 49.7. The zero-order valence-corrected chi connectivity index (χ0v) is 24.1. The van der Waals surface area contributed by atoms with Gasteiger partial charge in [0, 0.05) is 0 Å². The van der Waals surface area contributed by atoms with Crippen LogP contribution in [0, 0.1) is 0 Å². The van der Waals surface area contributed by atoms with E-state index >= 15 is 0 Å². The van der Waals surface area contributed by atoms with Gasteiger partial charge >= 0.3 is 0 Å². The van der Waals surface area contributed by atoms with E-state index in [0.717, 1.165) is 9.62 Å². The summed E-state index contributed by atoms with van der Waals surface area (Å²) in [6, 6.07) is 6.27. The van der Waals surface area contributed by atoms with Gasteiger partial charge in [0.15, 0.2) is 0 Å². The van der Waals surface area contributed by atoms with Gasteiger partial charge in [-0.1, -0.05) is 92.8 Å². The minimum absolute atomic E-state index is 0.00549. The molecule has 2 aliphatic heterocycles. The fourth-order valence-corrected chi connectivity index (χ4v) is 5.86. The Bertz CT molecular complexity index is 1560. The molecule has 0 unspecified atom stereocenters. The Morgan fingerprint density at radius 1 is 0.474 bits per heavy atom. The summed E-state index contributed by atoms with van der Waals surface area (Å²) in [4.78, 5) is 35.9. The van der Waals surface area contributed by atoms with E-state index in [1.807, 2.05) is 0 Å². The Balaban J connectivity index is 1.57. The predicted octanol–water partition coefficient (Wildman–Crippen LogP) is 8.15. The molecule has 186 valence electrons. The van der Waals surface area contributed by atoms with Gasteiger partial charge in [-0.3, -0.25) is 9.59 Å². The SMILES string of the molecule is [B]N1C(=O)c2c(Cl)c(Cl)c(Cl)c(Cl)c2C1=Nc1ccc(N=C2c3c(Cl)c(Cl)c(Cl)c(Cl)c3C(=O)N2[B])cc1. The van der Waals surface area contributed by atoms with Gasteiger partial charge in [-0.15, -0.1) is 0 Å². The number of carbonyl (C=O) groups is 2. The van der Waals surface area contributed by atoms with Crippen LogP contribution in [0.5, 0.6) is 0 Å². The Kier molecular flexibility index (Phi) is 7.42. The van der Waals surface area contributed by atoms with E-state index in [1.54, 1.807) is 24.3 Å². The molecule has 0 saturated heterocycles. The van der Waals surface area contributed by atoms with E-state index in [9.17, 15) is 9.59 Å². The maximum Gasteiger partial charge on any atom is 0.248 e. The van der Waals surface area contributed by atoms with Crippen LogP contribution in [0.1, 0.15) is 31.8 Å². The second-order valence-electron chi connectivity index (χ2n) is 7.75. The largest absolute Gasteiger partial charge is 0.350 e. The molecule has 3 aromatic rings. The lowest BCUT2D eigenvalue weighted by atomic mass is 10.1. The van der Waals surface area contributed by atoms with Gasteiger partial charge in [-0.2, -0.15) is 0 Å². The molecule has 0 aliphatic carbocycles. The van der Waals surface area contributed by atoms with Crippen molar-refractivity contribution in [1.29, 1.82) is 0 Å². The Morgan fingerprint density at radius 3 is 1.03 bits per heavy atom. The molecule has 0 aromatic heterocycles. The number of hydrogen-bond donors (Lipinski definition) is 0. The molecule has 3 aromatic carbocycles. The van der Waals surface area contributed by atoms with Crippen molar-refractivity contribution in [2.24, 2.45) is 9.98 Å². The van der Waals surface area contributed by atoms with E-state index in [1.165, 1.54) is 0 Å². The van der Waals surface area contributed by atoms with Gasteiger partial charge in [-0.05, 0) is 24.3 Å². The van der Waals surface area contributed by atoms with Crippen molar-refractivity contribution in [3.63, 3.8) is 0 Å². The predicted molar refractivity (Wildman–Crippen MR) is 156 cm³/mol. The third-order valence-electron chi connectivity index (χ3n) is 5.62. The first-order chi connectivity index (χ1) is 17.9. The highest BCUT2D eigenvalue weighted by molar-refractivity contribution is 6.57. The van der Waals surface area contributed by atoms with Crippen LogP contribution in [0.15, 0.2) is 34.3 Å². The maximum absolute atomic E-state index is 12.7. The number of rotatable bonds is 2. The molecule has 4 radical (unpaired) electrons. The first kappa shape index (κ1) is 27.9. The van der Waals surface area contributed by atoms with Gasteiger partial charge in [-0.25, -0.2) is 9.98 Å². The smallest absolute Gasteiger partial charge is 0.248 e. The van der Waals surface area contributed by atoms with Gasteiger partial charge in [0.2, 0.25) is 27.8 Å². The van der Waals surface area contributed by atoms with Crippen molar-refractivity contribution >= 4 is 144 Å². The Morgan fingerprint density at radius 2 is 0.737 bits per heavy atom. The number of aliphatic imine (C=N–C) groups is 2. The average molecular weight is 662 g/mol. The first-order valence-corrected chi connectivity index (χ1v) is 13.1. The summed E-state index contributed by atoms with van der Waals surface area (Å²) in [7, 11) is 11.9. The second kappa shape index (κ2) is 10.1. The van der Waals surface area contributed by atoms with E-state index in [4.69, 9.17) is 109 Å². The van der Waals surface area contributed by atoms with E-state index in [0.29, 0.717) is 11.4 Å². The highest BCUT2D eigenvalue weighted by Crippen LogP contribution is 2.46. The van der Waals surface area contributed by atoms with Crippen LogP contribution in [-0.4, -0.2) is 49.1 Å². The Hall–Kier alpha value is -1.61. The minimum Gasteiger partial charge on any atom is -0.350 e. The van der Waals surface area contributed by atoms with Gasteiger partial charge in [0.05, 0.1) is 73.8 Å². The zero-order chi connectivity index (χ0) is 27.8. The molecule has 2 aliphatic rings. The normalized spacial score (nSPS) is 16.7. The monoisotopic (exact) mass is 658 g/mol. The Labute approximate surface area is 257 Å². The van der Waals surface area contributed by atoms with Crippen molar-refractivity contribution in [3.05, 3.63) is 86.7 Å². The first-order valence-electron chi connectivity index (χ1n) is 10.0. The fourth-order valence-electron chi connectivity index (χ4n) is 3.82. The lowest BCUT2D eigenvalue weighted by molar-refractivity contribution is 0.0915. The van der Waals surface area contributed by atoms with Crippen molar-refractivity contribution in [2.45, 2.75) is 0 Å². The molecule has 0 bridgehead atoms. The number of fused-ring (bicyclic) bond motifs is 2. The van der Waals surface area contributed by atoms with E-state index in [-0.39, 0.29) is 74.1 Å². The summed E-state index contributed by atoms with van der Waals surface area (Å²) in [5.41, 5.74) is 0.979. The molecular formula is C22H4B2Cl8N4O2. The fraction of sp³-hybridized carbons (Fsp3) is 0. The van der Waals surface area contributed by atoms with Crippen LogP contribution in [0.4, 0.5) is 11.4 Å². The highest BCUT2D eigenvalue weighted by atomic mass is 35.5. The van der Waals surface area contributed by atoms with Crippen molar-refractivity contribution < 1.29 is 9.59 Å². The zero-order valence-electron chi connectivity index (χ0n) is 18.1. The number of carbonyl (C=O) groups excluding carboxylic acids is 2.